The van der Waals surface area contributed by atoms with Crippen LogP contribution in [0.3, 0.4) is 0 Å². The summed E-state index contributed by atoms with van der Waals surface area (Å²) in [7, 11) is 0. The Morgan fingerprint density at radius 1 is 0.525 bits per heavy atom. The summed E-state index contributed by atoms with van der Waals surface area (Å²) in [5, 5.41) is 5.67. The second-order valence-electron chi connectivity index (χ2n) is 14.4. The van der Waals surface area contributed by atoms with Gasteiger partial charge in [-0.15, -0.1) is 11.3 Å². The van der Waals surface area contributed by atoms with Crippen LogP contribution in [0.15, 0.2) is 204 Å². The van der Waals surface area contributed by atoms with E-state index in [-0.39, 0.29) is 69.1 Å². The molecule has 4 nitrogen and oxygen atoms in total. The van der Waals surface area contributed by atoms with Crippen LogP contribution in [0, 0.1) is 0 Å². The Kier molecular flexibility index (Phi) is 6.39. The fourth-order valence-electron chi connectivity index (χ4n) is 8.26. The highest BCUT2D eigenvalue weighted by Crippen LogP contribution is 2.44. The molecule has 59 heavy (non-hydrogen) atoms. The molecule has 0 radical (unpaired) electrons. The molecular formula is C54H33N3OS. The second kappa shape index (κ2) is 13.5. The molecule has 0 bridgehead atoms. The maximum absolute atomic E-state index is 9.61. The van der Waals surface area contributed by atoms with E-state index in [9.17, 15) is 5.48 Å². The highest BCUT2D eigenvalue weighted by Gasteiger charge is 2.21. The predicted octanol–water partition coefficient (Wildman–Crippen LogP) is 15.5. The van der Waals surface area contributed by atoms with E-state index in [1.807, 2.05) is 109 Å². The van der Waals surface area contributed by atoms with Gasteiger partial charge in [-0.05, 0) is 81.8 Å². The third-order valence-corrected chi connectivity index (χ3v) is 12.1. The standard InChI is InChI=1S/C54H33N3OS/c1-3-14-35(15-4-1)51-53-52(44-22-11-12-25-49(44)59-53)56-54(55-51)45-23-13-24-47-50(45)43-31-28-36(33-48(43)58-47)34-26-29-39(30-27-34)57(38-17-5-2-6-18-38)46-32-37-16-7-8-19-40(37)41-20-9-10-21-42(41)46/h1-33H/i13D,23D,24D,28D,31D,33D. The summed E-state index contributed by atoms with van der Waals surface area (Å²) in [6, 6.07) is 52.8. The van der Waals surface area contributed by atoms with Crippen LogP contribution < -0.4 is 4.90 Å². The van der Waals surface area contributed by atoms with Crippen molar-refractivity contribution in [3.05, 3.63) is 200 Å². The zero-order valence-electron chi connectivity index (χ0n) is 37.2. The first-order valence-corrected chi connectivity index (χ1v) is 20.2. The first-order valence-electron chi connectivity index (χ1n) is 22.3. The molecule has 0 aliphatic carbocycles. The normalized spacial score (nSPS) is 13.2. The first-order chi connectivity index (χ1) is 31.8. The van der Waals surface area contributed by atoms with Gasteiger partial charge < -0.3 is 9.32 Å². The van der Waals surface area contributed by atoms with Crippen LogP contribution in [0.2, 0.25) is 0 Å². The van der Waals surface area contributed by atoms with E-state index in [0.29, 0.717) is 16.8 Å². The van der Waals surface area contributed by atoms with Crippen molar-refractivity contribution in [2.45, 2.75) is 0 Å². The first kappa shape index (κ1) is 27.9. The molecule has 0 amide bonds. The minimum atomic E-state index is -0.395. The highest BCUT2D eigenvalue weighted by molar-refractivity contribution is 7.26. The van der Waals surface area contributed by atoms with Gasteiger partial charge in [0.2, 0.25) is 0 Å². The summed E-state index contributed by atoms with van der Waals surface area (Å²) < 4.78 is 64.1. The molecule has 12 aromatic rings. The fourth-order valence-corrected chi connectivity index (χ4v) is 9.41. The summed E-state index contributed by atoms with van der Waals surface area (Å²) in [5.74, 6) is 0.130. The van der Waals surface area contributed by atoms with E-state index >= 15 is 0 Å². The summed E-state index contributed by atoms with van der Waals surface area (Å²) >= 11 is 1.57. The lowest BCUT2D eigenvalue weighted by Gasteiger charge is -2.27. The molecule has 5 heteroatoms. The number of rotatable bonds is 6. The van der Waals surface area contributed by atoms with Crippen LogP contribution in [0.5, 0.6) is 0 Å². The molecule has 3 aromatic heterocycles. The van der Waals surface area contributed by atoms with Gasteiger partial charge >= 0.3 is 0 Å². The molecule has 0 spiro atoms. The van der Waals surface area contributed by atoms with Crippen LogP contribution in [0.1, 0.15) is 8.22 Å². The third kappa shape index (κ3) is 5.51. The number of hydrogen-bond acceptors (Lipinski definition) is 5. The smallest absolute Gasteiger partial charge is 0.161 e. The number of benzene rings is 9. The topological polar surface area (TPSA) is 42.2 Å². The number of para-hydroxylation sites is 1. The van der Waals surface area contributed by atoms with Crippen molar-refractivity contribution in [1.82, 2.24) is 9.97 Å². The number of nitrogens with zero attached hydrogens (tertiary/aromatic N) is 3. The Morgan fingerprint density at radius 2 is 1.22 bits per heavy atom. The van der Waals surface area contributed by atoms with Crippen LogP contribution in [0.25, 0.3) is 97.6 Å². The molecule has 12 rings (SSSR count). The van der Waals surface area contributed by atoms with E-state index in [1.54, 1.807) is 11.3 Å². The molecule has 0 aliphatic heterocycles. The molecule has 0 N–H and O–H groups in total. The zero-order valence-corrected chi connectivity index (χ0v) is 32.1. The SMILES string of the molecule is [2H]c1c([2H])c(-c2nc(-c3ccccc3)c3sc4ccccc4c3n2)c2c(oc3c([2H])c(-c4ccc(N(c5ccccc5)c5cc6ccccc6c6ccccc56)cc4)c([2H])c([2H])c32)c1[2H]. The van der Waals surface area contributed by atoms with E-state index < -0.39 is 6.04 Å². The average Bonchev–Trinajstić information content (AvgIpc) is 3.94. The van der Waals surface area contributed by atoms with Crippen LogP contribution in [-0.2, 0) is 0 Å². The van der Waals surface area contributed by atoms with E-state index in [0.717, 1.165) is 59.0 Å². The summed E-state index contributed by atoms with van der Waals surface area (Å²) in [6.45, 7) is 0. The number of hydrogen-bond donors (Lipinski definition) is 0. The zero-order chi connectivity index (χ0) is 44.1. The van der Waals surface area contributed by atoms with Gasteiger partial charge in [0.1, 0.15) is 11.2 Å². The Bertz CT molecular complexity index is 3910. The largest absolute Gasteiger partial charge is 0.456 e. The lowest BCUT2D eigenvalue weighted by atomic mass is 9.98. The van der Waals surface area contributed by atoms with Gasteiger partial charge in [0, 0.05) is 48.7 Å². The molecule has 9 aromatic carbocycles. The molecule has 0 unspecified atom stereocenters. The molecule has 0 fully saturated rings. The Morgan fingerprint density at radius 3 is 2.05 bits per heavy atom. The number of thiophene rings is 1. The van der Waals surface area contributed by atoms with Crippen LogP contribution in [0.4, 0.5) is 17.1 Å². The summed E-state index contributed by atoms with van der Waals surface area (Å²) in [5.41, 5.74) is 5.73. The average molecular weight is 778 g/mol. The van der Waals surface area contributed by atoms with Crippen molar-refractivity contribution >= 4 is 92.2 Å². The van der Waals surface area contributed by atoms with Gasteiger partial charge in [-0.3, -0.25) is 0 Å². The van der Waals surface area contributed by atoms with Crippen molar-refractivity contribution in [1.29, 1.82) is 0 Å². The molecule has 0 saturated carbocycles. The van der Waals surface area contributed by atoms with Crippen LogP contribution in [-0.4, -0.2) is 9.97 Å². The van der Waals surface area contributed by atoms with Crippen molar-refractivity contribution in [2.24, 2.45) is 0 Å². The molecular weight excluding hydrogens is 739 g/mol. The fraction of sp³-hybridized carbons (Fsp3) is 0. The summed E-state index contributed by atoms with van der Waals surface area (Å²) in [6.07, 6.45) is 0. The third-order valence-electron chi connectivity index (χ3n) is 11.0. The van der Waals surface area contributed by atoms with Gasteiger partial charge in [-0.25, -0.2) is 9.97 Å². The predicted molar refractivity (Wildman–Crippen MR) is 248 cm³/mol. The van der Waals surface area contributed by atoms with E-state index in [4.69, 9.17) is 17.1 Å². The van der Waals surface area contributed by atoms with E-state index in [2.05, 4.69) is 59.5 Å². The minimum Gasteiger partial charge on any atom is -0.456 e. The molecule has 276 valence electrons. The quantitative estimate of drug-likeness (QED) is 0.158. The number of fused-ring (bicyclic) bond motifs is 9. The Labute approximate surface area is 352 Å². The van der Waals surface area contributed by atoms with E-state index in [1.165, 1.54) is 0 Å². The van der Waals surface area contributed by atoms with Gasteiger partial charge in [-0.1, -0.05) is 146 Å². The number of furan rings is 1. The second-order valence-corrected chi connectivity index (χ2v) is 15.5. The minimum absolute atomic E-state index is 0.0151. The van der Waals surface area contributed by atoms with Gasteiger partial charge in [0.15, 0.2) is 5.82 Å². The van der Waals surface area contributed by atoms with Gasteiger partial charge in [-0.2, -0.15) is 0 Å². The molecule has 0 aliphatic rings. The van der Waals surface area contributed by atoms with Crippen molar-refractivity contribution < 1.29 is 12.6 Å². The lowest BCUT2D eigenvalue weighted by molar-refractivity contribution is 0.669. The molecule has 0 atom stereocenters. The highest BCUT2D eigenvalue weighted by atomic mass is 32.1. The Balaban J connectivity index is 1.05. The summed E-state index contributed by atoms with van der Waals surface area (Å²) in [4.78, 5) is 12.3. The number of anilines is 3. The van der Waals surface area contributed by atoms with Crippen molar-refractivity contribution in [2.75, 3.05) is 4.90 Å². The maximum atomic E-state index is 9.61. The maximum Gasteiger partial charge on any atom is 0.161 e. The van der Waals surface area contributed by atoms with Crippen LogP contribution >= 0.6 is 11.3 Å². The Hall–Kier alpha value is -7.60. The lowest BCUT2D eigenvalue weighted by Crippen LogP contribution is -2.10. The molecule has 3 heterocycles. The van der Waals surface area contributed by atoms with Gasteiger partial charge in [0.25, 0.3) is 0 Å². The van der Waals surface area contributed by atoms with Gasteiger partial charge in [0.05, 0.1) is 29.8 Å². The molecule has 0 saturated heterocycles. The van der Waals surface area contributed by atoms with Crippen molar-refractivity contribution in [3.63, 3.8) is 0 Å². The number of aromatic nitrogens is 2. The monoisotopic (exact) mass is 777 g/mol. The van der Waals surface area contributed by atoms with Crippen molar-refractivity contribution in [3.8, 4) is 33.8 Å².